The molecular weight excluding hydrogens is 202 g/mol. The first-order chi connectivity index (χ1) is 7.41. The Morgan fingerprint density at radius 1 is 1.38 bits per heavy atom. The molecule has 0 radical (unpaired) electrons. The molecule has 3 heteroatoms. The van der Waals surface area contributed by atoms with Crippen molar-refractivity contribution >= 4 is 0 Å². The van der Waals surface area contributed by atoms with Crippen molar-refractivity contribution in [1.82, 2.24) is 0 Å². The van der Waals surface area contributed by atoms with Crippen LogP contribution < -0.4 is 10.5 Å². The summed E-state index contributed by atoms with van der Waals surface area (Å²) >= 11 is 0. The molecule has 0 saturated carbocycles. The fraction of sp³-hybridized carbons (Fsp3) is 0.538. The highest BCUT2D eigenvalue weighted by molar-refractivity contribution is 5.46. The van der Waals surface area contributed by atoms with Crippen LogP contribution >= 0.6 is 0 Å². The number of para-hydroxylation sites is 1. The van der Waals surface area contributed by atoms with Crippen molar-refractivity contribution in [3.05, 3.63) is 29.3 Å². The topological polar surface area (TPSA) is 55.5 Å². The summed E-state index contributed by atoms with van der Waals surface area (Å²) in [6.45, 7) is 6.54. The van der Waals surface area contributed by atoms with E-state index in [1.807, 2.05) is 18.2 Å². The van der Waals surface area contributed by atoms with E-state index in [1.54, 1.807) is 7.11 Å². The van der Waals surface area contributed by atoms with Gasteiger partial charge in [0.05, 0.1) is 13.2 Å². The lowest BCUT2D eigenvalue weighted by Crippen LogP contribution is -2.17. The Kier molecular flexibility index (Phi) is 3.94. The van der Waals surface area contributed by atoms with Crippen molar-refractivity contribution in [3.8, 4) is 5.75 Å². The maximum Gasteiger partial charge on any atom is 0.128 e. The van der Waals surface area contributed by atoms with E-state index in [0.717, 1.165) is 16.9 Å². The van der Waals surface area contributed by atoms with E-state index < -0.39 is 6.10 Å². The summed E-state index contributed by atoms with van der Waals surface area (Å²) in [5.74, 6) is 0.743. The number of hydrogen-bond donors (Lipinski definition) is 2. The van der Waals surface area contributed by atoms with Crippen LogP contribution in [0.25, 0.3) is 0 Å². The van der Waals surface area contributed by atoms with Crippen molar-refractivity contribution in [2.24, 2.45) is 5.73 Å². The molecule has 90 valence electrons. The lowest BCUT2D eigenvalue weighted by atomic mass is 9.84. The Labute approximate surface area is 97.2 Å². The number of aliphatic hydroxyl groups excluding tert-OH is 1. The van der Waals surface area contributed by atoms with Crippen LogP contribution in [-0.2, 0) is 5.41 Å². The molecule has 0 bridgehead atoms. The van der Waals surface area contributed by atoms with Crippen molar-refractivity contribution < 1.29 is 9.84 Å². The van der Waals surface area contributed by atoms with Crippen LogP contribution in [0.3, 0.4) is 0 Å². The van der Waals surface area contributed by atoms with E-state index in [1.165, 1.54) is 0 Å². The van der Waals surface area contributed by atoms with Crippen molar-refractivity contribution in [2.75, 3.05) is 13.7 Å². The van der Waals surface area contributed by atoms with Gasteiger partial charge in [-0.2, -0.15) is 0 Å². The number of hydrogen-bond acceptors (Lipinski definition) is 3. The molecule has 1 unspecified atom stereocenters. The first-order valence-corrected chi connectivity index (χ1v) is 5.47. The number of nitrogens with two attached hydrogens (primary N) is 1. The molecule has 0 aliphatic carbocycles. The van der Waals surface area contributed by atoms with E-state index in [9.17, 15) is 5.11 Å². The van der Waals surface area contributed by atoms with Crippen LogP contribution in [0, 0.1) is 0 Å². The Hall–Kier alpha value is -1.06. The third-order valence-electron chi connectivity index (χ3n) is 2.64. The molecule has 0 saturated heterocycles. The van der Waals surface area contributed by atoms with Gasteiger partial charge in [0.2, 0.25) is 0 Å². The molecule has 0 fully saturated rings. The zero-order chi connectivity index (χ0) is 12.3. The number of aliphatic hydroxyl groups is 1. The molecule has 0 spiro atoms. The van der Waals surface area contributed by atoms with Crippen LogP contribution in [0.4, 0.5) is 0 Å². The van der Waals surface area contributed by atoms with Crippen LogP contribution in [0.2, 0.25) is 0 Å². The first-order valence-electron chi connectivity index (χ1n) is 5.47. The number of ether oxygens (including phenoxy) is 1. The fourth-order valence-corrected chi connectivity index (χ4v) is 1.76. The van der Waals surface area contributed by atoms with Gasteiger partial charge in [-0.25, -0.2) is 0 Å². The lowest BCUT2D eigenvalue weighted by molar-refractivity contribution is 0.181. The largest absolute Gasteiger partial charge is 0.496 e. The van der Waals surface area contributed by atoms with Crippen LogP contribution in [0.5, 0.6) is 5.75 Å². The molecule has 0 amide bonds. The molecular formula is C13H21NO2. The Balaban J connectivity index is 3.32. The van der Waals surface area contributed by atoms with Gasteiger partial charge < -0.3 is 15.6 Å². The van der Waals surface area contributed by atoms with Gasteiger partial charge in [-0.1, -0.05) is 39.0 Å². The predicted octanol–water partition coefficient (Wildman–Crippen LogP) is 1.98. The van der Waals surface area contributed by atoms with Gasteiger partial charge in [0, 0.05) is 12.1 Å². The normalized spacial score (nSPS) is 13.6. The maximum absolute atomic E-state index is 9.83. The third-order valence-corrected chi connectivity index (χ3v) is 2.64. The van der Waals surface area contributed by atoms with Crippen LogP contribution in [-0.4, -0.2) is 18.8 Å². The Bertz CT molecular complexity index is 355. The van der Waals surface area contributed by atoms with Crippen LogP contribution in [0.1, 0.15) is 38.0 Å². The van der Waals surface area contributed by atoms with E-state index in [0.29, 0.717) is 0 Å². The Morgan fingerprint density at radius 3 is 2.44 bits per heavy atom. The zero-order valence-corrected chi connectivity index (χ0v) is 10.4. The number of methoxy groups -OCH3 is 1. The average Bonchev–Trinajstić information content (AvgIpc) is 2.25. The standard InChI is InChI=1S/C13H21NO2/c1-13(2,3)10-7-5-6-9(11(15)8-14)12(10)16-4/h5-7,11,15H,8,14H2,1-4H3. The van der Waals surface area contributed by atoms with Gasteiger partial charge in [-0.3, -0.25) is 0 Å². The van der Waals surface area contributed by atoms with E-state index in [2.05, 4.69) is 20.8 Å². The molecule has 0 aromatic heterocycles. The summed E-state index contributed by atoms with van der Waals surface area (Å²) in [5, 5.41) is 9.83. The molecule has 3 nitrogen and oxygen atoms in total. The highest BCUT2D eigenvalue weighted by Crippen LogP contribution is 2.36. The molecule has 16 heavy (non-hydrogen) atoms. The summed E-state index contributed by atoms with van der Waals surface area (Å²) in [4.78, 5) is 0. The average molecular weight is 223 g/mol. The van der Waals surface area contributed by atoms with E-state index in [-0.39, 0.29) is 12.0 Å². The minimum Gasteiger partial charge on any atom is -0.496 e. The summed E-state index contributed by atoms with van der Waals surface area (Å²) in [6, 6.07) is 5.80. The second-order valence-electron chi connectivity index (χ2n) is 4.93. The van der Waals surface area contributed by atoms with Crippen molar-refractivity contribution in [2.45, 2.75) is 32.3 Å². The monoisotopic (exact) mass is 223 g/mol. The second-order valence-corrected chi connectivity index (χ2v) is 4.93. The molecule has 0 aliphatic rings. The maximum atomic E-state index is 9.83. The lowest BCUT2D eigenvalue weighted by Gasteiger charge is -2.25. The molecule has 1 atom stereocenters. The highest BCUT2D eigenvalue weighted by Gasteiger charge is 2.22. The van der Waals surface area contributed by atoms with E-state index >= 15 is 0 Å². The van der Waals surface area contributed by atoms with Crippen molar-refractivity contribution in [3.63, 3.8) is 0 Å². The summed E-state index contributed by atoms with van der Waals surface area (Å²) < 4.78 is 5.41. The van der Waals surface area contributed by atoms with Gasteiger partial charge in [-0.15, -0.1) is 0 Å². The minimum absolute atomic E-state index is 0.0182. The molecule has 1 aromatic rings. The van der Waals surface area contributed by atoms with Gasteiger partial charge in [-0.05, 0) is 11.0 Å². The predicted molar refractivity (Wildman–Crippen MR) is 65.7 cm³/mol. The number of rotatable bonds is 3. The van der Waals surface area contributed by atoms with E-state index in [4.69, 9.17) is 10.5 Å². The van der Waals surface area contributed by atoms with Gasteiger partial charge >= 0.3 is 0 Å². The van der Waals surface area contributed by atoms with Gasteiger partial charge in [0.1, 0.15) is 5.75 Å². The molecule has 1 aromatic carbocycles. The quantitative estimate of drug-likeness (QED) is 0.824. The van der Waals surface area contributed by atoms with Crippen molar-refractivity contribution in [1.29, 1.82) is 0 Å². The second kappa shape index (κ2) is 4.85. The van der Waals surface area contributed by atoms with Gasteiger partial charge in [0.25, 0.3) is 0 Å². The highest BCUT2D eigenvalue weighted by atomic mass is 16.5. The zero-order valence-electron chi connectivity index (χ0n) is 10.4. The molecule has 1 rings (SSSR count). The third kappa shape index (κ3) is 2.54. The summed E-state index contributed by atoms with van der Waals surface area (Å²) in [5.41, 5.74) is 7.31. The molecule has 0 aliphatic heterocycles. The minimum atomic E-state index is -0.669. The van der Waals surface area contributed by atoms with Gasteiger partial charge in [0.15, 0.2) is 0 Å². The SMILES string of the molecule is COc1c(C(O)CN)cccc1C(C)(C)C. The van der Waals surface area contributed by atoms with Crippen LogP contribution in [0.15, 0.2) is 18.2 Å². The smallest absolute Gasteiger partial charge is 0.128 e. The first kappa shape index (κ1) is 13.0. The number of benzene rings is 1. The Morgan fingerprint density at radius 2 is 2.00 bits per heavy atom. The molecule has 3 N–H and O–H groups in total. The summed E-state index contributed by atoms with van der Waals surface area (Å²) in [7, 11) is 1.62. The summed E-state index contributed by atoms with van der Waals surface area (Å²) in [6.07, 6.45) is -0.669. The fourth-order valence-electron chi connectivity index (χ4n) is 1.76. The molecule has 0 heterocycles.